The van der Waals surface area contributed by atoms with E-state index < -0.39 is 0 Å². The lowest BCUT2D eigenvalue weighted by Crippen LogP contribution is -2.20. The third kappa shape index (κ3) is 4.68. The van der Waals surface area contributed by atoms with E-state index in [1.165, 1.54) is 6.08 Å². The molecule has 2 aliphatic rings. The van der Waals surface area contributed by atoms with Crippen LogP contribution in [0.25, 0.3) is 6.08 Å². The number of benzene rings is 2. The van der Waals surface area contributed by atoms with Gasteiger partial charge in [-0.25, -0.2) is 0 Å². The van der Waals surface area contributed by atoms with Gasteiger partial charge in [-0.3, -0.25) is 9.59 Å². The maximum atomic E-state index is 12.9. The molecule has 7 heteroatoms. The third-order valence-electron chi connectivity index (χ3n) is 4.36. The van der Waals surface area contributed by atoms with Gasteiger partial charge in [0.1, 0.15) is 5.57 Å². The van der Waals surface area contributed by atoms with Crippen LogP contribution in [0.5, 0.6) is 11.5 Å². The number of nitrogens with one attached hydrogen (secondary N) is 1. The fraction of sp³-hybridized carbons (Fsp3) is 0.182. The van der Waals surface area contributed by atoms with Gasteiger partial charge in [-0.2, -0.15) is 0 Å². The molecule has 0 saturated carbocycles. The van der Waals surface area contributed by atoms with Gasteiger partial charge < -0.3 is 14.8 Å². The Labute approximate surface area is 177 Å². The SMILES string of the molecule is Cc1ccc(NC(=O)C(C(=O)/C=C/c2ccc3c(c2)OCO3)=C2SCCS2)cc1. The zero-order valence-corrected chi connectivity index (χ0v) is 17.4. The van der Waals surface area contributed by atoms with E-state index in [2.05, 4.69) is 5.32 Å². The van der Waals surface area contributed by atoms with Crippen LogP contribution in [-0.2, 0) is 9.59 Å². The average molecular weight is 426 g/mol. The van der Waals surface area contributed by atoms with Crippen LogP contribution in [0, 0.1) is 6.92 Å². The molecule has 148 valence electrons. The predicted octanol–water partition coefficient (Wildman–Crippen LogP) is 4.64. The first-order valence-corrected chi connectivity index (χ1v) is 11.1. The molecule has 1 fully saturated rings. The van der Waals surface area contributed by atoms with Crippen LogP contribution in [0.3, 0.4) is 0 Å². The lowest BCUT2D eigenvalue weighted by Gasteiger charge is -2.09. The van der Waals surface area contributed by atoms with Crippen molar-refractivity contribution in [1.29, 1.82) is 0 Å². The smallest absolute Gasteiger partial charge is 0.261 e. The van der Waals surface area contributed by atoms with E-state index in [1.807, 2.05) is 43.3 Å². The lowest BCUT2D eigenvalue weighted by molar-refractivity contribution is -0.117. The Hall–Kier alpha value is -2.64. The van der Waals surface area contributed by atoms with Gasteiger partial charge in [0.2, 0.25) is 6.79 Å². The minimum atomic E-state index is -0.383. The summed E-state index contributed by atoms with van der Waals surface area (Å²) in [4.78, 5) is 25.8. The number of carbonyl (C=O) groups is 2. The number of amides is 1. The number of ketones is 1. The molecule has 2 aliphatic heterocycles. The number of thioether (sulfide) groups is 2. The summed E-state index contributed by atoms with van der Waals surface area (Å²) >= 11 is 3.10. The van der Waals surface area contributed by atoms with Crippen LogP contribution in [0.1, 0.15) is 11.1 Å². The number of allylic oxidation sites excluding steroid dienone is 1. The molecular formula is C22H19NO4S2. The molecule has 0 spiro atoms. The standard InChI is InChI=1S/C22H19NO4S2/c1-14-2-6-16(7-3-14)23-21(25)20(22-28-10-11-29-22)17(24)8-4-15-5-9-18-19(12-15)27-13-26-18/h2-9,12H,10-11,13H2,1H3,(H,23,25)/b8-4+. The van der Waals surface area contributed by atoms with Crippen molar-refractivity contribution < 1.29 is 19.1 Å². The second-order valence-corrected chi connectivity index (χ2v) is 8.96. The first-order valence-electron chi connectivity index (χ1n) is 9.10. The number of ether oxygens (including phenoxy) is 2. The van der Waals surface area contributed by atoms with Crippen molar-refractivity contribution in [2.24, 2.45) is 0 Å². The van der Waals surface area contributed by atoms with Crippen molar-refractivity contribution in [2.45, 2.75) is 6.92 Å². The Kier molecular flexibility index (Phi) is 5.97. The fourth-order valence-electron chi connectivity index (χ4n) is 2.86. The molecular weight excluding hydrogens is 406 g/mol. The van der Waals surface area contributed by atoms with Gasteiger partial charge in [-0.05, 0) is 42.8 Å². The highest BCUT2D eigenvalue weighted by Gasteiger charge is 2.25. The largest absolute Gasteiger partial charge is 0.454 e. The van der Waals surface area contributed by atoms with Crippen molar-refractivity contribution in [3.05, 3.63) is 69.5 Å². The summed E-state index contributed by atoms with van der Waals surface area (Å²) in [5.74, 6) is 2.42. The minimum absolute atomic E-state index is 0.190. The first kappa shape index (κ1) is 19.7. The van der Waals surface area contributed by atoms with Gasteiger partial charge in [0.15, 0.2) is 17.3 Å². The van der Waals surface area contributed by atoms with E-state index in [-0.39, 0.29) is 24.1 Å². The van der Waals surface area contributed by atoms with Crippen molar-refractivity contribution in [3.63, 3.8) is 0 Å². The minimum Gasteiger partial charge on any atom is -0.454 e. The van der Waals surface area contributed by atoms with Crippen molar-refractivity contribution in [1.82, 2.24) is 0 Å². The molecule has 0 aromatic heterocycles. The quantitative estimate of drug-likeness (QED) is 0.428. The Morgan fingerprint density at radius 2 is 1.72 bits per heavy atom. The Morgan fingerprint density at radius 3 is 2.48 bits per heavy atom. The van der Waals surface area contributed by atoms with Crippen LogP contribution in [0.15, 0.2) is 58.4 Å². The van der Waals surface area contributed by atoms with Crippen LogP contribution < -0.4 is 14.8 Å². The topological polar surface area (TPSA) is 64.6 Å². The van der Waals surface area contributed by atoms with E-state index in [0.29, 0.717) is 17.2 Å². The molecule has 1 N–H and O–H groups in total. The van der Waals surface area contributed by atoms with E-state index in [4.69, 9.17) is 9.47 Å². The summed E-state index contributed by atoms with van der Waals surface area (Å²) in [6.45, 7) is 2.18. The number of hydrogen-bond donors (Lipinski definition) is 1. The molecule has 0 radical (unpaired) electrons. The number of aryl methyl sites for hydroxylation is 1. The molecule has 4 rings (SSSR count). The Bertz CT molecular complexity index is 1000. The third-order valence-corrected chi connectivity index (χ3v) is 7.08. The molecule has 1 amide bonds. The number of rotatable bonds is 5. The van der Waals surface area contributed by atoms with Gasteiger partial charge in [-0.15, -0.1) is 23.5 Å². The fourth-order valence-corrected chi connectivity index (χ4v) is 5.41. The van der Waals surface area contributed by atoms with Gasteiger partial charge in [0.05, 0.1) is 4.24 Å². The number of carbonyl (C=O) groups excluding carboxylic acids is 2. The number of anilines is 1. The average Bonchev–Trinajstić information content (AvgIpc) is 3.40. The van der Waals surface area contributed by atoms with Gasteiger partial charge in [0.25, 0.3) is 5.91 Å². The number of hydrogen-bond acceptors (Lipinski definition) is 6. The molecule has 0 atom stereocenters. The van der Waals surface area contributed by atoms with E-state index in [9.17, 15) is 9.59 Å². The van der Waals surface area contributed by atoms with Crippen LogP contribution >= 0.6 is 23.5 Å². The first-order chi connectivity index (χ1) is 14.1. The van der Waals surface area contributed by atoms with Gasteiger partial charge in [-0.1, -0.05) is 29.8 Å². The highest BCUT2D eigenvalue weighted by molar-refractivity contribution is 8.25. The number of fused-ring (bicyclic) bond motifs is 1. The zero-order chi connectivity index (χ0) is 20.2. The van der Waals surface area contributed by atoms with Crippen molar-refractivity contribution >= 4 is 47.0 Å². The molecule has 0 unspecified atom stereocenters. The summed E-state index contributed by atoms with van der Waals surface area (Å²) in [7, 11) is 0. The van der Waals surface area contributed by atoms with Crippen LogP contribution in [0.2, 0.25) is 0 Å². The zero-order valence-electron chi connectivity index (χ0n) is 15.8. The van der Waals surface area contributed by atoms with Gasteiger partial charge >= 0.3 is 0 Å². The van der Waals surface area contributed by atoms with Crippen LogP contribution in [0.4, 0.5) is 5.69 Å². The highest BCUT2D eigenvalue weighted by atomic mass is 32.2. The lowest BCUT2D eigenvalue weighted by atomic mass is 10.1. The summed E-state index contributed by atoms with van der Waals surface area (Å²) in [5, 5.41) is 2.84. The second-order valence-electron chi connectivity index (χ2n) is 6.49. The highest BCUT2D eigenvalue weighted by Crippen LogP contribution is 2.39. The molecule has 29 heavy (non-hydrogen) atoms. The Balaban J connectivity index is 1.55. The molecule has 5 nitrogen and oxygen atoms in total. The monoisotopic (exact) mass is 425 g/mol. The van der Waals surface area contributed by atoms with Crippen molar-refractivity contribution in [2.75, 3.05) is 23.6 Å². The normalized spacial score (nSPS) is 15.0. The van der Waals surface area contributed by atoms with Gasteiger partial charge in [0, 0.05) is 17.2 Å². The summed E-state index contributed by atoms with van der Waals surface area (Å²) in [6.07, 6.45) is 3.13. The molecule has 2 heterocycles. The molecule has 1 saturated heterocycles. The van der Waals surface area contributed by atoms with Crippen molar-refractivity contribution in [3.8, 4) is 11.5 Å². The second kappa shape index (κ2) is 8.80. The maximum absolute atomic E-state index is 12.9. The Morgan fingerprint density at radius 1 is 1.00 bits per heavy atom. The van der Waals surface area contributed by atoms with E-state index in [1.54, 1.807) is 35.7 Å². The molecule has 2 aromatic rings. The van der Waals surface area contributed by atoms with E-state index >= 15 is 0 Å². The summed E-state index contributed by atoms with van der Waals surface area (Å²) in [5.41, 5.74) is 2.76. The van der Waals surface area contributed by atoms with Crippen LogP contribution in [-0.4, -0.2) is 30.0 Å². The molecule has 0 bridgehead atoms. The molecule has 2 aromatic carbocycles. The summed E-state index contributed by atoms with van der Waals surface area (Å²) < 4.78 is 11.4. The van der Waals surface area contributed by atoms with E-state index in [0.717, 1.165) is 26.9 Å². The predicted molar refractivity (Wildman–Crippen MR) is 118 cm³/mol. The molecule has 0 aliphatic carbocycles. The summed E-state index contributed by atoms with van der Waals surface area (Å²) in [6, 6.07) is 13.0. The maximum Gasteiger partial charge on any atom is 0.261 e.